The van der Waals surface area contributed by atoms with E-state index < -0.39 is 0 Å². The van der Waals surface area contributed by atoms with E-state index in [1.807, 2.05) is 31.2 Å². The van der Waals surface area contributed by atoms with Crippen LogP contribution in [0.15, 0.2) is 29.3 Å². The van der Waals surface area contributed by atoms with Crippen LogP contribution in [0.1, 0.15) is 32.3 Å². The fraction of sp³-hybridized carbons (Fsp3) is 0.500. The van der Waals surface area contributed by atoms with Crippen molar-refractivity contribution in [3.63, 3.8) is 0 Å². The Kier molecular flexibility index (Phi) is 10.3. The van der Waals surface area contributed by atoms with Gasteiger partial charge in [-0.15, -0.1) is 24.0 Å². The summed E-state index contributed by atoms with van der Waals surface area (Å²) in [4.78, 5) is 4.31. The number of aliphatic imine (C=N–C) groups is 1. The molecular weight excluding hydrogens is 353 g/mol. The van der Waals surface area contributed by atoms with Crippen molar-refractivity contribution in [1.82, 2.24) is 5.32 Å². The van der Waals surface area contributed by atoms with Gasteiger partial charge in [0.1, 0.15) is 5.75 Å². The number of nitrogens with two attached hydrogens (primary N) is 1. The third kappa shape index (κ3) is 7.25. The van der Waals surface area contributed by atoms with Crippen LogP contribution in [0.25, 0.3) is 0 Å². The van der Waals surface area contributed by atoms with E-state index in [9.17, 15) is 0 Å². The minimum atomic E-state index is 0. The summed E-state index contributed by atoms with van der Waals surface area (Å²) in [5.74, 6) is 1.37. The molecule has 19 heavy (non-hydrogen) atoms. The molecule has 0 heterocycles. The Morgan fingerprint density at radius 1 is 1.32 bits per heavy atom. The van der Waals surface area contributed by atoms with E-state index in [1.165, 1.54) is 0 Å². The molecule has 0 saturated carbocycles. The molecule has 0 aromatic heterocycles. The molecule has 0 saturated heterocycles. The Bertz CT molecular complexity index is 383. The van der Waals surface area contributed by atoms with Crippen LogP contribution in [0, 0.1) is 0 Å². The van der Waals surface area contributed by atoms with Crippen LogP contribution < -0.4 is 15.8 Å². The van der Waals surface area contributed by atoms with E-state index in [0.717, 1.165) is 30.7 Å². The van der Waals surface area contributed by atoms with Crippen LogP contribution in [0.2, 0.25) is 0 Å². The highest BCUT2D eigenvalue weighted by atomic mass is 127. The third-order valence-electron chi connectivity index (χ3n) is 2.53. The summed E-state index contributed by atoms with van der Waals surface area (Å²) in [6, 6.07) is 7.90. The van der Waals surface area contributed by atoms with Crippen molar-refractivity contribution in [3.05, 3.63) is 29.8 Å². The molecule has 108 valence electrons. The molecule has 0 radical (unpaired) electrons. The molecule has 1 rings (SSSR count). The van der Waals surface area contributed by atoms with Crippen molar-refractivity contribution in [2.45, 2.75) is 33.2 Å². The fourth-order valence-electron chi connectivity index (χ4n) is 1.55. The normalized spacial score (nSPS) is 10.7. The molecule has 0 fully saturated rings. The lowest BCUT2D eigenvalue weighted by molar-refractivity contribution is 0.336. The monoisotopic (exact) mass is 377 g/mol. The quantitative estimate of drug-likeness (QED) is 0.333. The molecule has 5 heteroatoms. The molecule has 0 unspecified atom stereocenters. The van der Waals surface area contributed by atoms with Gasteiger partial charge in [0.15, 0.2) is 5.96 Å². The summed E-state index contributed by atoms with van der Waals surface area (Å²) in [6.45, 7) is 6.19. The number of hydrogen-bond donors (Lipinski definition) is 2. The maximum Gasteiger partial charge on any atom is 0.188 e. The van der Waals surface area contributed by atoms with Crippen LogP contribution in [0.4, 0.5) is 0 Å². The van der Waals surface area contributed by atoms with Gasteiger partial charge in [-0.1, -0.05) is 31.5 Å². The van der Waals surface area contributed by atoms with Gasteiger partial charge in [0.05, 0.1) is 13.2 Å². The molecule has 0 amide bonds. The molecule has 0 atom stereocenters. The van der Waals surface area contributed by atoms with E-state index in [2.05, 4.69) is 17.2 Å². The van der Waals surface area contributed by atoms with Crippen LogP contribution in [0.3, 0.4) is 0 Å². The lowest BCUT2D eigenvalue weighted by atomic mass is 10.2. The first-order valence-corrected chi connectivity index (χ1v) is 6.52. The number of nitrogens with one attached hydrogen (secondary N) is 1. The maximum absolute atomic E-state index is 5.78. The fourth-order valence-corrected chi connectivity index (χ4v) is 1.55. The molecule has 1 aromatic carbocycles. The summed E-state index contributed by atoms with van der Waals surface area (Å²) < 4.78 is 5.54. The van der Waals surface area contributed by atoms with Gasteiger partial charge in [0, 0.05) is 12.1 Å². The van der Waals surface area contributed by atoms with Crippen molar-refractivity contribution in [3.8, 4) is 5.75 Å². The average molecular weight is 377 g/mol. The number of guanidine groups is 1. The number of hydrogen-bond acceptors (Lipinski definition) is 2. The van der Waals surface area contributed by atoms with E-state index in [-0.39, 0.29) is 24.0 Å². The second-order valence-corrected chi connectivity index (χ2v) is 4.02. The molecule has 0 aliphatic carbocycles. The summed E-state index contributed by atoms with van der Waals surface area (Å²) in [7, 11) is 0. The van der Waals surface area contributed by atoms with Crippen LogP contribution >= 0.6 is 24.0 Å². The number of halogens is 1. The van der Waals surface area contributed by atoms with Gasteiger partial charge < -0.3 is 15.8 Å². The van der Waals surface area contributed by atoms with Crippen molar-refractivity contribution in [2.24, 2.45) is 10.7 Å². The highest BCUT2D eigenvalue weighted by Gasteiger charge is 2.01. The minimum Gasteiger partial charge on any atom is -0.494 e. The average Bonchev–Trinajstić information content (AvgIpc) is 2.38. The predicted octanol–water partition coefficient (Wildman–Crippen LogP) is 2.91. The largest absolute Gasteiger partial charge is 0.494 e. The lowest BCUT2D eigenvalue weighted by Gasteiger charge is -2.09. The zero-order chi connectivity index (χ0) is 13.2. The molecule has 0 aliphatic heterocycles. The topological polar surface area (TPSA) is 59.6 Å². The Morgan fingerprint density at radius 3 is 2.74 bits per heavy atom. The van der Waals surface area contributed by atoms with Crippen LogP contribution in [-0.2, 0) is 6.54 Å². The van der Waals surface area contributed by atoms with Gasteiger partial charge in [-0.2, -0.15) is 0 Å². The van der Waals surface area contributed by atoms with Gasteiger partial charge in [-0.05, 0) is 19.4 Å². The van der Waals surface area contributed by atoms with Crippen molar-refractivity contribution < 1.29 is 4.74 Å². The van der Waals surface area contributed by atoms with E-state index in [1.54, 1.807) is 0 Å². The van der Waals surface area contributed by atoms with Crippen molar-refractivity contribution >= 4 is 29.9 Å². The summed E-state index contributed by atoms with van der Waals surface area (Å²) in [5.41, 5.74) is 6.84. The SMILES string of the molecule is CCCCNC(N)=NCc1ccccc1OCC.I. The molecular formula is C14H24IN3O. The maximum atomic E-state index is 5.78. The van der Waals surface area contributed by atoms with Crippen LogP contribution in [-0.4, -0.2) is 19.1 Å². The highest BCUT2D eigenvalue weighted by molar-refractivity contribution is 14.0. The van der Waals surface area contributed by atoms with Gasteiger partial charge in [0.2, 0.25) is 0 Å². The van der Waals surface area contributed by atoms with Gasteiger partial charge in [-0.3, -0.25) is 0 Å². The first-order chi connectivity index (χ1) is 8.77. The number of rotatable bonds is 7. The Hall–Kier alpha value is -0.980. The van der Waals surface area contributed by atoms with Gasteiger partial charge in [-0.25, -0.2) is 4.99 Å². The third-order valence-corrected chi connectivity index (χ3v) is 2.53. The smallest absolute Gasteiger partial charge is 0.188 e. The molecule has 0 bridgehead atoms. The number of nitrogens with zero attached hydrogens (tertiary/aromatic N) is 1. The van der Waals surface area contributed by atoms with Crippen LogP contribution in [0.5, 0.6) is 5.75 Å². The Morgan fingerprint density at radius 2 is 2.05 bits per heavy atom. The van der Waals surface area contributed by atoms with E-state index in [0.29, 0.717) is 19.1 Å². The van der Waals surface area contributed by atoms with Crippen molar-refractivity contribution in [1.29, 1.82) is 0 Å². The van der Waals surface area contributed by atoms with Gasteiger partial charge in [0.25, 0.3) is 0 Å². The standard InChI is InChI=1S/C14H23N3O.HI/c1-3-5-10-16-14(15)17-11-12-8-6-7-9-13(12)18-4-2;/h6-9H,3-5,10-11H2,1-2H3,(H3,15,16,17);1H. The second kappa shape index (κ2) is 10.9. The number of benzene rings is 1. The zero-order valence-electron chi connectivity index (χ0n) is 11.7. The molecule has 3 N–H and O–H groups in total. The molecule has 1 aromatic rings. The van der Waals surface area contributed by atoms with E-state index in [4.69, 9.17) is 10.5 Å². The zero-order valence-corrected chi connectivity index (χ0v) is 14.0. The number of ether oxygens (including phenoxy) is 1. The minimum absolute atomic E-state index is 0. The number of unbranched alkanes of at least 4 members (excludes halogenated alkanes) is 1. The highest BCUT2D eigenvalue weighted by Crippen LogP contribution is 2.18. The molecule has 0 spiro atoms. The Labute approximate surface area is 132 Å². The van der Waals surface area contributed by atoms with Crippen molar-refractivity contribution in [2.75, 3.05) is 13.2 Å². The second-order valence-electron chi connectivity index (χ2n) is 4.02. The summed E-state index contributed by atoms with van der Waals surface area (Å²) in [5, 5.41) is 3.09. The van der Waals surface area contributed by atoms with Gasteiger partial charge >= 0.3 is 0 Å². The molecule has 0 aliphatic rings. The summed E-state index contributed by atoms with van der Waals surface area (Å²) in [6.07, 6.45) is 2.25. The summed E-state index contributed by atoms with van der Waals surface area (Å²) >= 11 is 0. The lowest BCUT2D eigenvalue weighted by Crippen LogP contribution is -2.32. The number of para-hydroxylation sites is 1. The first kappa shape index (κ1) is 18.0. The molecule has 4 nitrogen and oxygen atoms in total. The predicted molar refractivity (Wildman–Crippen MR) is 91.3 cm³/mol. The van der Waals surface area contributed by atoms with E-state index >= 15 is 0 Å². The first-order valence-electron chi connectivity index (χ1n) is 6.52. The Balaban J connectivity index is 0.00000324.